The van der Waals surface area contributed by atoms with E-state index in [0.29, 0.717) is 14.8 Å². The Hall–Kier alpha value is -2.44. The number of para-hydroxylation sites is 1. The van der Waals surface area contributed by atoms with Crippen molar-refractivity contribution in [1.82, 2.24) is 0 Å². The van der Waals surface area contributed by atoms with Gasteiger partial charge < -0.3 is 4.90 Å². The molecule has 1 fully saturated rings. The molecule has 0 atom stereocenters. The van der Waals surface area contributed by atoms with Crippen molar-refractivity contribution in [3.05, 3.63) is 64.1 Å². The van der Waals surface area contributed by atoms with Crippen LogP contribution < -0.4 is 9.80 Å². The van der Waals surface area contributed by atoms with E-state index in [2.05, 4.69) is 0 Å². The van der Waals surface area contributed by atoms with Crippen LogP contribution in [0.15, 0.2) is 47.4 Å². The summed E-state index contributed by atoms with van der Waals surface area (Å²) in [4.78, 5) is 29.4. The van der Waals surface area contributed by atoms with Gasteiger partial charge in [-0.05, 0) is 43.2 Å². The molecule has 2 aromatic carbocycles. The van der Waals surface area contributed by atoms with E-state index in [1.807, 2.05) is 56.3 Å². The zero-order valence-corrected chi connectivity index (χ0v) is 16.2. The fraction of sp³-hybridized carbons (Fsp3) is 0.150. The molecule has 2 aromatic rings. The molecule has 0 aliphatic carbocycles. The lowest BCUT2D eigenvalue weighted by atomic mass is 10.1. The third-order valence-electron chi connectivity index (χ3n) is 4.80. The van der Waals surface area contributed by atoms with Crippen LogP contribution in [0.4, 0.5) is 11.4 Å². The zero-order chi connectivity index (χ0) is 18.6. The molecule has 0 unspecified atom stereocenters. The molecule has 0 bridgehead atoms. The van der Waals surface area contributed by atoms with Crippen LogP contribution in [0.1, 0.15) is 16.7 Å². The Balaban J connectivity index is 1.84. The third kappa shape index (κ3) is 2.40. The highest BCUT2D eigenvalue weighted by Gasteiger charge is 2.41. The SMILES string of the molecule is Cc1ccc(N2C(=O)C(=C3C(=O)N(C)c4ccccc43)SC2=S)cc1C. The van der Waals surface area contributed by atoms with Gasteiger partial charge in [0, 0.05) is 12.6 Å². The van der Waals surface area contributed by atoms with Crippen molar-refractivity contribution in [2.75, 3.05) is 16.8 Å². The summed E-state index contributed by atoms with van der Waals surface area (Å²) in [5.41, 5.74) is 5.00. The Morgan fingerprint density at radius 3 is 2.42 bits per heavy atom. The second-order valence-electron chi connectivity index (χ2n) is 6.36. The molecule has 2 aliphatic rings. The zero-order valence-electron chi connectivity index (χ0n) is 14.6. The summed E-state index contributed by atoms with van der Waals surface area (Å²) < 4.78 is 0.445. The Kier molecular flexibility index (Phi) is 3.97. The van der Waals surface area contributed by atoms with Crippen LogP contribution in [0.25, 0.3) is 5.57 Å². The maximum atomic E-state index is 13.2. The molecule has 4 rings (SSSR count). The second kappa shape index (κ2) is 6.07. The first-order chi connectivity index (χ1) is 12.4. The van der Waals surface area contributed by atoms with Crippen molar-refractivity contribution in [3.8, 4) is 0 Å². The Morgan fingerprint density at radius 1 is 0.962 bits per heavy atom. The summed E-state index contributed by atoms with van der Waals surface area (Å²) in [6, 6.07) is 13.3. The van der Waals surface area contributed by atoms with Crippen LogP contribution in [-0.4, -0.2) is 23.2 Å². The molecule has 0 radical (unpaired) electrons. The van der Waals surface area contributed by atoms with E-state index in [1.54, 1.807) is 11.9 Å². The standard InChI is InChI=1S/C20H16N2O2S2/c1-11-8-9-13(10-12(11)2)22-19(24)17(26-20(22)25)16-14-6-4-5-7-15(14)21(3)18(16)23/h4-10H,1-3H3. The summed E-state index contributed by atoms with van der Waals surface area (Å²) in [5.74, 6) is -0.413. The van der Waals surface area contributed by atoms with E-state index in [0.717, 1.165) is 28.1 Å². The predicted octanol–water partition coefficient (Wildman–Crippen LogP) is 4.06. The molecule has 1 saturated heterocycles. The van der Waals surface area contributed by atoms with Gasteiger partial charge in [-0.15, -0.1) is 0 Å². The summed E-state index contributed by atoms with van der Waals surface area (Å²) >= 11 is 6.66. The highest BCUT2D eigenvalue weighted by molar-refractivity contribution is 8.27. The van der Waals surface area contributed by atoms with Gasteiger partial charge in [0.05, 0.1) is 21.9 Å². The van der Waals surface area contributed by atoms with Crippen LogP contribution in [0, 0.1) is 13.8 Å². The first-order valence-corrected chi connectivity index (χ1v) is 9.38. The molecule has 130 valence electrons. The van der Waals surface area contributed by atoms with E-state index in [4.69, 9.17) is 12.2 Å². The van der Waals surface area contributed by atoms with Crippen molar-refractivity contribution >= 4 is 57.1 Å². The monoisotopic (exact) mass is 380 g/mol. The lowest BCUT2D eigenvalue weighted by Crippen LogP contribution is -2.28. The largest absolute Gasteiger partial charge is 0.311 e. The summed E-state index contributed by atoms with van der Waals surface area (Å²) in [6.07, 6.45) is 0. The maximum Gasteiger partial charge on any atom is 0.271 e. The van der Waals surface area contributed by atoms with Crippen molar-refractivity contribution in [1.29, 1.82) is 0 Å². The number of anilines is 2. The number of aryl methyl sites for hydroxylation is 2. The Morgan fingerprint density at radius 2 is 1.69 bits per heavy atom. The number of rotatable bonds is 1. The Labute approximate surface area is 161 Å². The second-order valence-corrected chi connectivity index (χ2v) is 8.01. The number of carbonyl (C=O) groups is 2. The summed E-state index contributed by atoms with van der Waals surface area (Å²) in [6.45, 7) is 4.02. The number of carbonyl (C=O) groups excluding carboxylic acids is 2. The van der Waals surface area contributed by atoms with Gasteiger partial charge in [-0.1, -0.05) is 48.2 Å². The first kappa shape index (κ1) is 17.0. The molecule has 0 saturated carbocycles. The minimum Gasteiger partial charge on any atom is -0.311 e. The van der Waals surface area contributed by atoms with Gasteiger partial charge in [0.15, 0.2) is 4.32 Å². The minimum absolute atomic E-state index is 0.174. The molecule has 2 heterocycles. The van der Waals surface area contributed by atoms with Crippen molar-refractivity contribution < 1.29 is 9.59 Å². The molecule has 2 aliphatic heterocycles. The van der Waals surface area contributed by atoms with Crippen LogP contribution in [0.2, 0.25) is 0 Å². The lowest BCUT2D eigenvalue weighted by molar-refractivity contribution is -0.115. The highest BCUT2D eigenvalue weighted by Crippen LogP contribution is 2.45. The number of thiocarbonyl (C=S) groups is 1. The van der Waals surface area contributed by atoms with E-state index in [-0.39, 0.29) is 11.8 Å². The molecule has 0 aromatic heterocycles. The molecular weight excluding hydrogens is 364 g/mol. The molecule has 0 N–H and O–H groups in total. The number of amides is 2. The smallest absolute Gasteiger partial charge is 0.271 e. The van der Waals surface area contributed by atoms with Gasteiger partial charge in [-0.25, -0.2) is 0 Å². The fourth-order valence-corrected chi connectivity index (χ4v) is 4.57. The van der Waals surface area contributed by atoms with Gasteiger partial charge in [0.2, 0.25) is 0 Å². The van der Waals surface area contributed by atoms with Gasteiger partial charge >= 0.3 is 0 Å². The number of hydrogen-bond donors (Lipinski definition) is 0. The summed E-state index contributed by atoms with van der Waals surface area (Å²) in [7, 11) is 1.72. The fourth-order valence-electron chi connectivity index (χ4n) is 3.20. The van der Waals surface area contributed by atoms with E-state index < -0.39 is 0 Å². The van der Waals surface area contributed by atoms with E-state index in [9.17, 15) is 9.59 Å². The molecule has 4 nitrogen and oxygen atoms in total. The van der Waals surface area contributed by atoms with Gasteiger partial charge in [-0.2, -0.15) is 0 Å². The molecule has 2 amide bonds. The van der Waals surface area contributed by atoms with Crippen molar-refractivity contribution in [2.24, 2.45) is 0 Å². The van der Waals surface area contributed by atoms with Gasteiger partial charge in [-0.3, -0.25) is 14.5 Å². The minimum atomic E-state index is -0.239. The quantitative estimate of drug-likeness (QED) is 0.553. The number of likely N-dealkylation sites (N-methyl/N-ethyl adjacent to an activating group) is 1. The summed E-state index contributed by atoms with van der Waals surface area (Å²) in [5, 5.41) is 0. The number of nitrogens with zero attached hydrogens (tertiary/aromatic N) is 2. The molecule has 26 heavy (non-hydrogen) atoms. The topological polar surface area (TPSA) is 40.6 Å². The molecule has 6 heteroatoms. The number of fused-ring (bicyclic) bond motifs is 1. The van der Waals surface area contributed by atoms with Gasteiger partial charge in [0.1, 0.15) is 0 Å². The van der Waals surface area contributed by atoms with E-state index >= 15 is 0 Å². The van der Waals surface area contributed by atoms with Gasteiger partial charge in [0.25, 0.3) is 11.8 Å². The average molecular weight is 380 g/mol. The highest BCUT2D eigenvalue weighted by atomic mass is 32.2. The predicted molar refractivity (Wildman–Crippen MR) is 110 cm³/mol. The van der Waals surface area contributed by atoms with Crippen LogP contribution in [0.5, 0.6) is 0 Å². The normalized spacial score (nSPS) is 19.6. The maximum absolute atomic E-state index is 13.2. The lowest BCUT2D eigenvalue weighted by Gasteiger charge is -2.16. The van der Waals surface area contributed by atoms with Crippen LogP contribution >= 0.6 is 24.0 Å². The first-order valence-electron chi connectivity index (χ1n) is 8.15. The van der Waals surface area contributed by atoms with Crippen molar-refractivity contribution in [3.63, 3.8) is 0 Å². The number of thioether (sulfide) groups is 1. The van der Waals surface area contributed by atoms with Crippen LogP contribution in [0.3, 0.4) is 0 Å². The molecule has 0 spiro atoms. The van der Waals surface area contributed by atoms with Crippen molar-refractivity contribution in [2.45, 2.75) is 13.8 Å². The Bertz CT molecular complexity index is 1030. The van der Waals surface area contributed by atoms with Crippen LogP contribution in [-0.2, 0) is 9.59 Å². The number of hydrogen-bond acceptors (Lipinski definition) is 4. The number of benzene rings is 2. The molecular formula is C20H16N2O2S2. The van der Waals surface area contributed by atoms with E-state index in [1.165, 1.54) is 16.7 Å². The third-order valence-corrected chi connectivity index (χ3v) is 6.17. The average Bonchev–Trinajstić information content (AvgIpc) is 3.04.